The van der Waals surface area contributed by atoms with Crippen molar-refractivity contribution in [3.8, 4) is 0 Å². The van der Waals surface area contributed by atoms with Crippen molar-refractivity contribution in [2.75, 3.05) is 0 Å². The molecule has 106 valence electrons. The average molecular weight is 292 g/mol. The van der Waals surface area contributed by atoms with Gasteiger partial charge in [-0.1, -0.05) is 61.8 Å². The van der Waals surface area contributed by atoms with Crippen LogP contribution in [-0.2, 0) is 13.1 Å². The molecule has 0 fully saturated rings. The van der Waals surface area contributed by atoms with Crippen LogP contribution in [0.15, 0.2) is 42.5 Å². The molecule has 0 radical (unpaired) electrons. The molecule has 1 nitrogen and oxygen atoms in total. The molecule has 0 unspecified atom stereocenters. The Bertz CT molecular complexity index is 564. The lowest BCUT2D eigenvalue weighted by Crippen LogP contribution is -2.13. The monoisotopic (exact) mass is 291 g/mol. The van der Waals surface area contributed by atoms with E-state index in [1.54, 1.807) is 18.2 Å². The van der Waals surface area contributed by atoms with Gasteiger partial charge in [-0.2, -0.15) is 0 Å². The predicted molar refractivity (Wildman–Crippen MR) is 82.5 cm³/mol. The Morgan fingerprint density at radius 2 is 1.75 bits per heavy atom. The fraction of sp³-hybridized carbons (Fsp3) is 0.294. The Balaban J connectivity index is 1.91. The first-order valence-corrected chi connectivity index (χ1v) is 7.18. The van der Waals surface area contributed by atoms with Crippen molar-refractivity contribution >= 4 is 11.6 Å². The van der Waals surface area contributed by atoms with Crippen LogP contribution in [0.2, 0.25) is 5.02 Å². The maximum atomic E-state index is 13.7. The highest BCUT2D eigenvalue weighted by molar-refractivity contribution is 6.30. The van der Waals surface area contributed by atoms with Gasteiger partial charge in [0, 0.05) is 18.7 Å². The van der Waals surface area contributed by atoms with E-state index in [0.29, 0.717) is 24.6 Å². The van der Waals surface area contributed by atoms with Crippen LogP contribution in [0.25, 0.3) is 0 Å². The number of halogens is 2. The van der Waals surface area contributed by atoms with Crippen molar-refractivity contribution in [3.63, 3.8) is 0 Å². The molecular formula is C17H19ClFN. The Labute approximate surface area is 124 Å². The summed E-state index contributed by atoms with van der Waals surface area (Å²) in [6, 6.07) is 13.6. The molecule has 0 aliphatic rings. The van der Waals surface area contributed by atoms with Crippen LogP contribution >= 0.6 is 11.6 Å². The molecule has 2 rings (SSSR count). The Kier molecular flexibility index (Phi) is 5.16. The van der Waals surface area contributed by atoms with E-state index < -0.39 is 0 Å². The molecule has 0 saturated carbocycles. The lowest BCUT2D eigenvalue weighted by molar-refractivity contribution is 0.588. The third kappa shape index (κ3) is 3.81. The van der Waals surface area contributed by atoms with Gasteiger partial charge >= 0.3 is 0 Å². The van der Waals surface area contributed by atoms with E-state index in [2.05, 4.69) is 43.4 Å². The molecule has 0 heterocycles. The summed E-state index contributed by atoms with van der Waals surface area (Å²) in [6.45, 7) is 5.53. The normalized spacial score (nSPS) is 11.1. The molecule has 0 saturated heterocycles. The van der Waals surface area contributed by atoms with Gasteiger partial charge in [0.2, 0.25) is 0 Å². The zero-order valence-electron chi connectivity index (χ0n) is 11.8. The summed E-state index contributed by atoms with van der Waals surface area (Å²) in [6.07, 6.45) is 0. The third-order valence-corrected chi connectivity index (χ3v) is 3.61. The molecular weight excluding hydrogens is 273 g/mol. The zero-order valence-corrected chi connectivity index (χ0v) is 12.5. The first-order chi connectivity index (χ1) is 9.58. The zero-order chi connectivity index (χ0) is 14.5. The summed E-state index contributed by atoms with van der Waals surface area (Å²) in [5.41, 5.74) is 3.11. The van der Waals surface area contributed by atoms with Crippen molar-refractivity contribution in [2.24, 2.45) is 0 Å². The highest BCUT2D eigenvalue weighted by atomic mass is 35.5. The Morgan fingerprint density at radius 1 is 1.05 bits per heavy atom. The van der Waals surface area contributed by atoms with E-state index in [1.807, 2.05) is 0 Å². The topological polar surface area (TPSA) is 12.0 Å². The van der Waals surface area contributed by atoms with E-state index in [9.17, 15) is 4.39 Å². The second-order valence-electron chi connectivity index (χ2n) is 5.21. The smallest absolute Gasteiger partial charge is 0.146 e. The highest BCUT2D eigenvalue weighted by Gasteiger charge is 2.05. The van der Waals surface area contributed by atoms with Crippen molar-refractivity contribution in [3.05, 3.63) is 70.0 Å². The standard InChI is InChI=1S/C17H19ClFN/c1-12(2)14-8-6-13(7-9-14)10-20-11-15-4-3-5-16(18)17(15)19/h3-9,12,20H,10-11H2,1-2H3. The van der Waals surface area contributed by atoms with E-state index in [0.717, 1.165) is 0 Å². The molecule has 20 heavy (non-hydrogen) atoms. The van der Waals surface area contributed by atoms with Crippen molar-refractivity contribution in [1.29, 1.82) is 0 Å². The van der Waals surface area contributed by atoms with E-state index in [-0.39, 0.29) is 10.8 Å². The maximum absolute atomic E-state index is 13.7. The summed E-state index contributed by atoms with van der Waals surface area (Å²) in [7, 11) is 0. The van der Waals surface area contributed by atoms with Crippen LogP contribution in [0.5, 0.6) is 0 Å². The van der Waals surface area contributed by atoms with E-state index in [4.69, 9.17) is 11.6 Å². The van der Waals surface area contributed by atoms with Gasteiger partial charge in [-0.25, -0.2) is 4.39 Å². The van der Waals surface area contributed by atoms with Crippen LogP contribution in [0, 0.1) is 5.82 Å². The first-order valence-electron chi connectivity index (χ1n) is 6.80. The number of nitrogens with one attached hydrogen (secondary N) is 1. The molecule has 3 heteroatoms. The minimum absolute atomic E-state index is 0.172. The largest absolute Gasteiger partial charge is 0.309 e. The van der Waals surface area contributed by atoms with Crippen molar-refractivity contribution in [1.82, 2.24) is 5.32 Å². The quantitative estimate of drug-likeness (QED) is 0.827. The summed E-state index contributed by atoms with van der Waals surface area (Å²) < 4.78 is 13.7. The lowest BCUT2D eigenvalue weighted by Gasteiger charge is -2.09. The van der Waals surface area contributed by atoms with Crippen molar-refractivity contribution in [2.45, 2.75) is 32.9 Å². The average Bonchev–Trinajstić information content (AvgIpc) is 2.44. The minimum atomic E-state index is -0.336. The van der Waals surface area contributed by atoms with Crippen molar-refractivity contribution < 1.29 is 4.39 Å². The minimum Gasteiger partial charge on any atom is -0.309 e. The maximum Gasteiger partial charge on any atom is 0.146 e. The molecule has 0 atom stereocenters. The van der Waals surface area contributed by atoms with Gasteiger partial charge in [-0.05, 0) is 23.1 Å². The van der Waals surface area contributed by atoms with Crippen LogP contribution in [0.4, 0.5) is 4.39 Å². The Hall–Kier alpha value is -1.38. The van der Waals surface area contributed by atoms with Gasteiger partial charge in [0.05, 0.1) is 5.02 Å². The van der Waals surface area contributed by atoms with Crippen LogP contribution in [0.3, 0.4) is 0 Å². The van der Waals surface area contributed by atoms with Gasteiger partial charge in [0.1, 0.15) is 5.82 Å². The van der Waals surface area contributed by atoms with Gasteiger partial charge < -0.3 is 5.32 Å². The molecule has 0 aromatic heterocycles. The van der Waals surface area contributed by atoms with Gasteiger partial charge in [-0.3, -0.25) is 0 Å². The summed E-state index contributed by atoms with van der Waals surface area (Å²) in [5, 5.41) is 3.41. The SMILES string of the molecule is CC(C)c1ccc(CNCc2cccc(Cl)c2F)cc1. The van der Waals surface area contributed by atoms with Crippen LogP contribution < -0.4 is 5.32 Å². The number of rotatable bonds is 5. The second-order valence-corrected chi connectivity index (χ2v) is 5.62. The molecule has 2 aromatic rings. The van der Waals surface area contributed by atoms with Crippen LogP contribution in [0.1, 0.15) is 36.5 Å². The van der Waals surface area contributed by atoms with Gasteiger partial charge in [0.15, 0.2) is 0 Å². The molecule has 1 N–H and O–H groups in total. The Morgan fingerprint density at radius 3 is 2.40 bits per heavy atom. The summed E-state index contributed by atoms with van der Waals surface area (Å²) >= 11 is 5.75. The first kappa shape index (κ1) is 15.0. The van der Waals surface area contributed by atoms with E-state index >= 15 is 0 Å². The predicted octanol–water partition coefficient (Wildman–Crippen LogP) is 4.89. The number of benzene rings is 2. The lowest BCUT2D eigenvalue weighted by atomic mass is 10.0. The van der Waals surface area contributed by atoms with Crippen LogP contribution in [-0.4, -0.2) is 0 Å². The molecule has 0 aliphatic carbocycles. The molecule has 0 amide bonds. The molecule has 2 aromatic carbocycles. The molecule has 0 aliphatic heterocycles. The molecule has 0 bridgehead atoms. The van der Waals surface area contributed by atoms with Gasteiger partial charge in [-0.15, -0.1) is 0 Å². The summed E-state index contributed by atoms with van der Waals surface area (Å²) in [4.78, 5) is 0. The van der Waals surface area contributed by atoms with Gasteiger partial charge in [0.25, 0.3) is 0 Å². The third-order valence-electron chi connectivity index (χ3n) is 3.32. The number of hydrogen-bond acceptors (Lipinski definition) is 1. The second kappa shape index (κ2) is 6.87. The fourth-order valence-corrected chi connectivity index (χ4v) is 2.24. The molecule has 0 spiro atoms. The summed E-state index contributed by atoms with van der Waals surface area (Å²) in [5.74, 6) is 0.203. The highest BCUT2D eigenvalue weighted by Crippen LogP contribution is 2.18. The van der Waals surface area contributed by atoms with E-state index in [1.165, 1.54) is 11.1 Å². The fourth-order valence-electron chi connectivity index (χ4n) is 2.05. The number of hydrogen-bond donors (Lipinski definition) is 1.